The molecule has 2 heterocycles. The van der Waals surface area contributed by atoms with Crippen molar-refractivity contribution in [1.29, 1.82) is 0 Å². The molecule has 1 aromatic heterocycles. The topological polar surface area (TPSA) is 16.1 Å². The summed E-state index contributed by atoms with van der Waals surface area (Å²) >= 11 is 5.39. The first-order chi connectivity index (χ1) is 9.40. The molecule has 0 saturated heterocycles. The van der Waals surface area contributed by atoms with Gasteiger partial charge in [0.1, 0.15) is 11.2 Å². The molecule has 2 aromatic rings. The second-order valence-electron chi connectivity index (χ2n) is 4.20. The van der Waals surface area contributed by atoms with E-state index in [9.17, 15) is 0 Å². The van der Waals surface area contributed by atoms with Gasteiger partial charge in [-0.2, -0.15) is 0 Å². The van der Waals surface area contributed by atoms with E-state index < -0.39 is 0 Å². The second kappa shape index (κ2) is 5.80. The van der Waals surface area contributed by atoms with Crippen molar-refractivity contribution >= 4 is 33.5 Å². The van der Waals surface area contributed by atoms with Gasteiger partial charge in [0.15, 0.2) is 0 Å². The SMILES string of the molecule is BrCC1=CSC(c2ccccc2)N1c1ccccn1. The van der Waals surface area contributed by atoms with Gasteiger partial charge >= 0.3 is 0 Å². The smallest absolute Gasteiger partial charge is 0.133 e. The van der Waals surface area contributed by atoms with E-state index in [0.717, 1.165) is 11.1 Å². The van der Waals surface area contributed by atoms with Crippen LogP contribution in [0.25, 0.3) is 0 Å². The van der Waals surface area contributed by atoms with Crippen LogP contribution in [-0.4, -0.2) is 10.3 Å². The molecule has 0 amide bonds. The van der Waals surface area contributed by atoms with E-state index in [1.807, 2.05) is 36.2 Å². The van der Waals surface area contributed by atoms with Gasteiger partial charge in [0.2, 0.25) is 0 Å². The minimum atomic E-state index is 0.267. The number of alkyl halides is 1. The Bertz CT molecular complexity index is 571. The third kappa shape index (κ3) is 2.55. The molecule has 2 nitrogen and oxygen atoms in total. The van der Waals surface area contributed by atoms with Crippen molar-refractivity contribution in [2.24, 2.45) is 0 Å². The average molecular weight is 333 g/mol. The van der Waals surface area contributed by atoms with Crippen molar-refractivity contribution in [2.75, 3.05) is 10.2 Å². The van der Waals surface area contributed by atoms with Crippen LogP contribution in [0.4, 0.5) is 5.82 Å². The van der Waals surface area contributed by atoms with Crippen LogP contribution in [0.2, 0.25) is 0 Å². The van der Waals surface area contributed by atoms with Crippen molar-refractivity contribution in [1.82, 2.24) is 4.98 Å². The normalized spacial score (nSPS) is 18.5. The summed E-state index contributed by atoms with van der Waals surface area (Å²) in [6.07, 6.45) is 1.84. The lowest BCUT2D eigenvalue weighted by Gasteiger charge is -2.27. The Labute approximate surface area is 125 Å². The minimum Gasteiger partial charge on any atom is -0.312 e. The summed E-state index contributed by atoms with van der Waals surface area (Å²) in [5, 5.41) is 3.31. The molecular weight excluding hydrogens is 320 g/mol. The monoisotopic (exact) mass is 332 g/mol. The molecule has 0 saturated carbocycles. The summed E-state index contributed by atoms with van der Waals surface area (Å²) < 4.78 is 0. The quantitative estimate of drug-likeness (QED) is 0.766. The molecule has 1 aliphatic rings. The van der Waals surface area contributed by atoms with Crippen molar-refractivity contribution < 1.29 is 0 Å². The summed E-state index contributed by atoms with van der Waals surface area (Å²) in [5.74, 6) is 0.993. The Kier molecular flexibility index (Phi) is 3.89. The summed E-state index contributed by atoms with van der Waals surface area (Å²) in [5.41, 5.74) is 2.54. The molecule has 0 spiro atoms. The Balaban J connectivity index is 1.98. The van der Waals surface area contributed by atoms with Gasteiger partial charge in [0.25, 0.3) is 0 Å². The highest BCUT2D eigenvalue weighted by molar-refractivity contribution is 9.09. The third-order valence-electron chi connectivity index (χ3n) is 2.99. The van der Waals surface area contributed by atoms with Gasteiger partial charge in [-0.05, 0) is 23.1 Å². The number of benzene rings is 1. The van der Waals surface area contributed by atoms with Crippen LogP contribution in [0.1, 0.15) is 10.9 Å². The zero-order valence-electron chi connectivity index (χ0n) is 10.2. The van der Waals surface area contributed by atoms with Gasteiger partial charge in [-0.15, -0.1) is 11.8 Å². The number of halogens is 1. The fourth-order valence-corrected chi connectivity index (χ4v) is 3.92. The number of hydrogen-bond donors (Lipinski definition) is 0. The van der Waals surface area contributed by atoms with Crippen molar-refractivity contribution in [3.05, 3.63) is 71.4 Å². The lowest BCUT2D eigenvalue weighted by Crippen LogP contribution is -2.23. The van der Waals surface area contributed by atoms with Gasteiger partial charge in [0, 0.05) is 17.2 Å². The fourth-order valence-electron chi connectivity index (χ4n) is 2.12. The van der Waals surface area contributed by atoms with Crippen molar-refractivity contribution in [3.63, 3.8) is 0 Å². The lowest BCUT2D eigenvalue weighted by molar-refractivity contribution is 0.892. The van der Waals surface area contributed by atoms with Gasteiger partial charge in [0.05, 0.1) is 0 Å². The molecule has 19 heavy (non-hydrogen) atoms. The first kappa shape index (κ1) is 12.8. The number of aromatic nitrogens is 1. The zero-order valence-corrected chi connectivity index (χ0v) is 12.6. The van der Waals surface area contributed by atoms with Crippen LogP contribution in [0.5, 0.6) is 0 Å². The van der Waals surface area contributed by atoms with E-state index >= 15 is 0 Å². The summed E-state index contributed by atoms with van der Waals surface area (Å²) in [4.78, 5) is 6.77. The molecule has 0 bridgehead atoms. The molecule has 0 radical (unpaired) electrons. The first-order valence-corrected chi connectivity index (χ1v) is 8.12. The van der Waals surface area contributed by atoms with Crippen molar-refractivity contribution in [3.8, 4) is 0 Å². The highest BCUT2D eigenvalue weighted by atomic mass is 79.9. The van der Waals surface area contributed by atoms with E-state index in [-0.39, 0.29) is 5.37 Å². The van der Waals surface area contributed by atoms with Crippen LogP contribution in [0.15, 0.2) is 65.8 Å². The number of hydrogen-bond acceptors (Lipinski definition) is 3. The number of pyridine rings is 1. The van der Waals surface area contributed by atoms with Gasteiger partial charge in [-0.25, -0.2) is 4.98 Å². The first-order valence-electron chi connectivity index (χ1n) is 6.06. The number of anilines is 1. The zero-order chi connectivity index (χ0) is 13.1. The van der Waals surface area contributed by atoms with E-state index in [0.29, 0.717) is 0 Å². The predicted octanol–water partition coefficient (Wildman–Crippen LogP) is 4.57. The molecular formula is C15H13BrN2S. The molecule has 0 aliphatic carbocycles. The largest absolute Gasteiger partial charge is 0.312 e. The molecule has 0 fully saturated rings. The van der Waals surface area contributed by atoms with E-state index in [2.05, 4.69) is 61.6 Å². The summed E-state index contributed by atoms with van der Waals surface area (Å²) in [6, 6.07) is 16.6. The van der Waals surface area contributed by atoms with E-state index in [1.165, 1.54) is 11.3 Å². The predicted molar refractivity (Wildman–Crippen MR) is 85.4 cm³/mol. The lowest BCUT2D eigenvalue weighted by atomic mass is 10.2. The summed E-state index contributed by atoms with van der Waals surface area (Å²) in [7, 11) is 0. The number of nitrogens with zero attached hydrogens (tertiary/aromatic N) is 2. The Morgan fingerprint density at radius 1 is 1.11 bits per heavy atom. The van der Waals surface area contributed by atoms with Crippen LogP contribution in [0.3, 0.4) is 0 Å². The molecule has 4 heteroatoms. The van der Waals surface area contributed by atoms with Crippen LogP contribution < -0.4 is 4.90 Å². The maximum absolute atomic E-state index is 4.49. The molecule has 1 unspecified atom stereocenters. The molecule has 1 aromatic carbocycles. The van der Waals surface area contributed by atoms with Gasteiger partial charge < -0.3 is 4.90 Å². The van der Waals surface area contributed by atoms with Crippen LogP contribution >= 0.6 is 27.7 Å². The van der Waals surface area contributed by atoms with Crippen LogP contribution in [-0.2, 0) is 0 Å². The van der Waals surface area contributed by atoms with Gasteiger partial charge in [-0.1, -0.05) is 52.3 Å². The number of allylic oxidation sites excluding steroid dienone is 1. The molecule has 1 aliphatic heterocycles. The molecule has 0 N–H and O–H groups in total. The van der Waals surface area contributed by atoms with E-state index in [4.69, 9.17) is 0 Å². The molecule has 3 rings (SSSR count). The van der Waals surface area contributed by atoms with E-state index in [1.54, 1.807) is 0 Å². The summed E-state index contributed by atoms with van der Waals surface area (Å²) in [6.45, 7) is 0. The molecule has 1 atom stereocenters. The Morgan fingerprint density at radius 2 is 1.89 bits per heavy atom. The highest BCUT2D eigenvalue weighted by Gasteiger charge is 2.29. The Hall–Kier alpha value is -1.26. The highest BCUT2D eigenvalue weighted by Crippen LogP contribution is 2.44. The maximum Gasteiger partial charge on any atom is 0.133 e. The van der Waals surface area contributed by atoms with Gasteiger partial charge in [-0.3, -0.25) is 0 Å². The standard InChI is InChI=1S/C15H13BrN2S/c16-10-13-11-19-15(12-6-2-1-3-7-12)18(13)14-8-4-5-9-17-14/h1-9,11,15H,10H2. The number of thioether (sulfide) groups is 1. The number of rotatable bonds is 3. The minimum absolute atomic E-state index is 0.267. The molecule has 96 valence electrons. The van der Waals surface area contributed by atoms with Crippen LogP contribution in [0, 0.1) is 0 Å². The fraction of sp³-hybridized carbons (Fsp3) is 0.133. The average Bonchev–Trinajstić information content (AvgIpc) is 2.93. The third-order valence-corrected chi connectivity index (χ3v) is 4.72. The maximum atomic E-state index is 4.49. The Morgan fingerprint density at radius 3 is 2.58 bits per heavy atom. The second-order valence-corrected chi connectivity index (χ2v) is 5.72. The van der Waals surface area contributed by atoms with Crippen molar-refractivity contribution in [2.45, 2.75) is 5.37 Å².